The molecule has 2 aromatic rings. The smallest absolute Gasteiger partial charge is 0.242 e. The predicted molar refractivity (Wildman–Crippen MR) is 112 cm³/mol. The zero-order valence-electron chi connectivity index (χ0n) is 17.5. The molecule has 5 nitrogen and oxygen atoms in total. The molecule has 0 aliphatic carbocycles. The lowest BCUT2D eigenvalue weighted by molar-refractivity contribution is -0.130. The van der Waals surface area contributed by atoms with E-state index in [9.17, 15) is 4.79 Å². The van der Waals surface area contributed by atoms with Crippen LogP contribution in [0, 0.1) is 13.8 Å². The molecular formula is C23H30N2O3. The zero-order valence-corrected chi connectivity index (χ0v) is 17.5. The first kappa shape index (κ1) is 20.1. The molecule has 5 heteroatoms. The van der Waals surface area contributed by atoms with Crippen LogP contribution in [0.3, 0.4) is 0 Å². The van der Waals surface area contributed by atoms with Gasteiger partial charge in [0.25, 0.3) is 0 Å². The molecule has 0 unspecified atom stereocenters. The summed E-state index contributed by atoms with van der Waals surface area (Å²) in [6, 6.07) is 10.4. The van der Waals surface area contributed by atoms with Gasteiger partial charge in [-0.15, -0.1) is 0 Å². The molecule has 1 amide bonds. The second-order valence-corrected chi connectivity index (χ2v) is 7.35. The number of amides is 1. The summed E-state index contributed by atoms with van der Waals surface area (Å²) in [5.74, 6) is 1.61. The minimum atomic E-state index is 0.155. The van der Waals surface area contributed by atoms with Gasteiger partial charge in [-0.1, -0.05) is 17.7 Å². The van der Waals surface area contributed by atoms with Crippen molar-refractivity contribution in [3.8, 4) is 11.5 Å². The van der Waals surface area contributed by atoms with E-state index in [4.69, 9.17) is 9.47 Å². The number of carbonyl (C=O) groups is 1. The van der Waals surface area contributed by atoms with Gasteiger partial charge in [-0.3, -0.25) is 4.79 Å². The number of fused-ring (bicyclic) bond motifs is 1. The Morgan fingerprint density at radius 1 is 1.07 bits per heavy atom. The van der Waals surface area contributed by atoms with E-state index in [1.807, 2.05) is 17.0 Å². The number of rotatable bonds is 6. The van der Waals surface area contributed by atoms with E-state index < -0.39 is 0 Å². The molecule has 0 spiro atoms. The van der Waals surface area contributed by atoms with Gasteiger partial charge in [0.05, 0.1) is 20.8 Å². The largest absolute Gasteiger partial charge is 0.493 e. The summed E-state index contributed by atoms with van der Waals surface area (Å²) in [7, 11) is 3.29. The Kier molecular flexibility index (Phi) is 6.12. The fourth-order valence-electron chi connectivity index (χ4n) is 3.89. The molecule has 1 aliphatic rings. The number of carbonyl (C=O) groups excluding carboxylic acids is 1. The molecule has 0 saturated carbocycles. The van der Waals surface area contributed by atoms with Crippen molar-refractivity contribution >= 4 is 11.6 Å². The maximum absolute atomic E-state index is 13.0. The Morgan fingerprint density at radius 2 is 1.75 bits per heavy atom. The SMILES string of the molecule is CCN(CC(=O)N1CCc2cc(OC)c(OC)cc2C1)c1ccc(C)cc1C. The molecule has 0 N–H and O–H groups in total. The second-order valence-electron chi connectivity index (χ2n) is 7.35. The molecule has 0 saturated heterocycles. The molecule has 2 aromatic carbocycles. The summed E-state index contributed by atoms with van der Waals surface area (Å²) in [5, 5.41) is 0. The van der Waals surface area contributed by atoms with Crippen LogP contribution in [0.5, 0.6) is 11.5 Å². The second kappa shape index (κ2) is 8.55. The number of nitrogens with zero attached hydrogens (tertiary/aromatic N) is 2. The number of methoxy groups -OCH3 is 2. The van der Waals surface area contributed by atoms with Crippen LogP contribution in [0.4, 0.5) is 5.69 Å². The molecule has 150 valence electrons. The fourth-order valence-corrected chi connectivity index (χ4v) is 3.89. The van der Waals surface area contributed by atoms with Crippen molar-refractivity contribution in [2.45, 2.75) is 33.7 Å². The Labute approximate surface area is 167 Å². The Bertz CT molecular complexity index is 863. The Balaban J connectivity index is 1.75. The number of anilines is 1. The first-order valence-corrected chi connectivity index (χ1v) is 9.80. The molecule has 0 radical (unpaired) electrons. The molecule has 0 fully saturated rings. The summed E-state index contributed by atoms with van der Waals surface area (Å²) < 4.78 is 10.8. The van der Waals surface area contributed by atoms with Gasteiger partial charge in [-0.05, 0) is 62.1 Å². The highest BCUT2D eigenvalue weighted by molar-refractivity contribution is 5.82. The topological polar surface area (TPSA) is 42.0 Å². The van der Waals surface area contributed by atoms with Gasteiger partial charge < -0.3 is 19.3 Å². The number of hydrogen-bond acceptors (Lipinski definition) is 4. The van der Waals surface area contributed by atoms with Gasteiger partial charge in [0.1, 0.15) is 0 Å². The standard InChI is InChI=1S/C23H30N2O3/c1-6-24(20-8-7-16(2)11-17(20)3)15-23(26)25-10-9-18-12-21(27-4)22(28-5)13-19(18)14-25/h7-8,11-13H,6,9-10,14-15H2,1-5H3. The summed E-state index contributed by atoms with van der Waals surface area (Å²) in [5.41, 5.74) is 5.93. The predicted octanol–water partition coefficient (Wildman–Crippen LogP) is 3.73. The normalized spacial score (nSPS) is 13.1. The average molecular weight is 383 g/mol. The van der Waals surface area contributed by atoms with Gasteiger partial charge in [0.2, 0.25) is 5.91 Å². The molecule has 3 rings (SSSR count). The van der Waals surface area contributed by atoms with Crippen molar-refractivity contribution in [2.75, 3.05) is 38.8 Å². The van der Waals surface area contributed by atoms with Crippen molar-refractivity contribution < 1.29 is 14.3 Å². The van der Waals surface area contributed by atoms with Crippen molar-refractivity contribution in [1.29, 1.82) is 0 Å². The van der Waals surface area contributed by atoms with Crippen LogP contribution in [-0.2, 0) is 17.8 Å². The van der Waals surface area contributed by atoms with Gasteiger partial charge >= 0.3 is 0 Å². The van der Waals surface area contributed by atoms with Crippen molar-refractivity contribution in [1.82, 2.24) is 4.90 Å². The summed E-state index contributed by atoms with van der Waals surface area (Å²) in [4.78, 5) is 17.1. The van der Waals surface area contributed by atoms with Gasteiger partial charge in [0, 0.05) is 25.3 Å². The van der Waals surface area contributed by atoms with E-state index in [1.165, 1.54) is 16.7 Å². The van der Waals surface area contributed by atoms with E-state index in [2.05, 4.69) is 43.9 Å². The number of likely N-dealkylation sites (N-methyl/N-ethyl adjacent to an activating group) is 1. The van der Waals surface area contributed by atoms with Crippen LogP contribution in [-0.4, -0.2) is 44.7 Å². The van der Waals surface area contributed by atoms with Crippen LogP contribution in [0.1, 0.15) is 29.2 Å². The molecule has 1 heterocycles. The first-order chi connectivity index (χ1) is 13.5. The molecule has 0 atom stereocenters. The van der Waals surface area contributed by atoms with E-state index in [0.717, 1.165) is 36.5 Å². The highest BCUT2D eigenvalue weighted by Gasteiger charge is 2.24. The fraction of sp³-hybridized carbons (Fsp3) is 0.435. The van der Waals surface area contributed by atoms with E-state index in [-0.39, 0.29) is 5.91 Å². The highest BCUT2D eigenvalue weighted by atomic mass is 16.5. The summed E-state index contributed by atoms with van der Waals surface area (Å²) in [6.07, 6.45) is 0.830. The van der Waals surface area contributed by atoms with Crippen molar-refractivity contribution in [2.24, 2.45) is 0 Å². The Morgan fingerprint density at radius 3 is 2.36 bits per heavy atom. The van der Waals surface area contributed by atoms with Crippen LogP contribution in [0.25, 0.3) is 0 Å². The number of benzene rings is 2. The lowest BCUT2D eigenvalue weighted by Gasteiger charge is -2.32. The third-order valence-electron chi connectivity index (χ3n) is 5.47. The zero-order chi connectivity index (χ0) is 20.3. The summed E-state index contributed by atoms with van der Waals surface area (Å²) in [6.45, 7) is 8.81. The van der Waals surface area contributed by atoms with Crippen molar-refractivity contribution in [3.63, 3.8) is 0 Å². The minimum Gasteiger partial charge on any atom is -0.493 e. The number of ether oxygens (including phenoxy) is 2. The quantitative estimate of drug-likeness (QED) is 0.763. The van der Waals surface area contributed by atoms with Crippen LogP contribution in [0.15, 0.2) is 30.3 Å². The highest BCUT2D eigenvalue weighted by Crippen LogP contribution is 2.33. The lowest BCUT2D eigenvalue weighted by Crippen LogP contribution is -2.43. The van der Waals surface area contributed by atoms with E-state index in [1.54, 1.807) is 14.2 Å². The maximum Gasteiger partial charge on any atom is 0.242 e. The third-order valence-corrected chi connectivity index (χ3v) is 5.47. The van der Waals surface area contributed by atoms with Crippen LogP contribution >= 0.6 is 0 Å². The molecule has 0 aromatic heterocycles. The first-order valence-electron chi connectivity index (χ1n) is 9.80. The van der Waals surface area contributed by atoms with E-state index >= 15 is 0 Å². The average Bonchev–Trinajstić information content (AvgIpc) is 2.70. The van der Waals surface area contributed by atoms with Crippen molar-refractivity contribution in [3.05, 3.63) is 52.6 Å². The summed E-state index contributed by atoms with van der Waals surface area (Å²) >= 11 is 0. The van der Waals surface area contributed by atoms with Crippen LogP contribution < -0.4 is 14.4 Å². The molecule has 28 heavy (non-hydrogen) atoms. The lowest BCUT2D eigenvalue weighted by atomic mass is 9.98. The van der Waals surface area contributed by atoms with Gasteiger partial charge in [-0.25, -0.2) is 0 Å². The Hall–Kier alpha value is -2.69. The number of hydrogen-bond donors (Lipinski definition) is 0. The minimum absolute atomic E-state index is 0.155. The maximum atomic E-state index is 13.0. The van der Waals surface area contributed by atoms with Gasteiger partial charge in [-0.2, -0.15) is 0 Å². The molecule has 1 aliphatic heterocycles. The monoisotopic (exact) mass is 382 g/mol. The van der Waals surface area contributed by atoms with Gasteiger partial charge in [0.15, 0.2) is 11.5 Å². The third kappa shape index (κ3) is 4.08. The number of aryl methyl sites for hydroxylation is 2. The molecule has 0 bridgehead atoms. The van der Waals surface area contributed by atoms with E-state index in [0.29, 0.717) is 18.8 Å². The van der Waals surface area contributed by atoms with Crippen LogP contribution in [0.2, 0.25) is 0 Å². The molecular weight excluding hydrogens is 352 g/mol.